The maximum atomic E-state index is 11.8. The lowest BCUT2D eigenvalue weighted by Gasteiger charge is -2.17. The van der Waals surface area contributed by atoms with Gasteiger partial charge in [0.25, 0.3) is 0 Å². The second-order valence-corrected chi connectivity index (χ2v) is 4.46. The largest absolute Gasteiger partial charge is 0.352 e. The van der Waals surface area contributed by atoms with Crippen molar-refractivity contribution < 1.29 is 4.79 Å². The van der Waals surface area contributed by atoms with Crippen molar-refractivity contribution in [2.45, 2.75) is 57.9 Å². The summed E-state index contributed by atoms with van der Waals surface area (Å²) in [6.45, 7) is 1.89. The van der Waals surface area contributed by atoms with E-state index in [4.69, 9.17) is 5.26 Å². The van der Waals surface area contributed by atoms with E-state index in [0.717, 1.165) is 12.8 Å². The Bertz CT molecular complexity index is 236. The summed E-state index contributed by atoms with van der Waals surface area (Å²) < 4.78 is 0. The van der Waals surface area contributed by atoms with Crippen LogP contribution >= 0.6 is 0 Å². The van der Waals surface area contributed by atoms with E-state index in [9.17, 15) is 4.79 Å². The summed E-state index contributed by atoms with van der Waals surface area (Å²) >= 11 is 0. The van der Waals surface area contributed by atoms with Gasteiger partial charge in [0.2, 0.25) is 5.91 Å². The Morgan fingerprint density at radius 1 is 1.40 bits per heavy atom. The van der Waals surface area contributed by atoms with Crippen LogP contribution in [0.3, 0.4) is 0 Å². The van der Waals surface area contributed by atoms with Crippen molar-refractivity contribution in [1.29, 1.82) is 5.26 Å². The van der Waals surface area contributed by atoms with Gasteiger partial charge in [-0.1, -0.05) is 25.7 Å². The number of nitrogens with zero attached hydrogens (tertiary/aromatic N) is 1. The highest BCUT2D eigenvalue weighted by Gasteiger charge is 2.20. The average molecular weight is 208 g/mol. The Kier molecular flexibility index (Phi) is 5.17. The van der Waals surface area contributed by atoms with Gasteiger partial charge in [-0.2, -0.15) is 5.26 Å². The second-order valence-electron chi connectivity index (χ2n) is 4.46. The quantitative estimate of drug-likeness (QED) is 0.724. The van der Waals surface area contributed by atoms with Gasteiger partial charge in [0.15, 0.2) is 0 Å². The molecule has 0 aromatic heterocycles. The number of hydrogen-bond acceptors (Lipinski definition) is 2. The molecule has 1 aliphatic carbocycles. The van der Waals surface area contributed by atoms with E-state index < -0.39 is 0 Å². The highest BCUT2D eigenvalue weighted by atomic mass is 16.1. The van der Waals surface area contributed by atoms with Crippen LogP contribution < -0.4 is 5.32 Å². The predicted molar refractivity (Wildman–Crippen MR) is 59.0 cm³/mol. The summed E-state index contributed by atoms with van der Waals surface area (Å²) in [6.07, 6.45) is 7.30. The summed E-state index contributed by atoms with van der Waals surface area (Å²) in [5.74, 6) is 0.341. The van der Waals surface area contributed by atoms with Crippen LogP contribution in [0.25, 0.3) is 0 Å². The van der Waals surface area contributed by atoms with Crippen LogP contribution in [-0.4, -0.2) is 11.9 Å². The van der Waals surface area contributed by atoms with E-state index >= 15 is 0 Å². The first-order chi connectivity index (χ1) is 7.24. The second kappa shape index (κ2) is 6.44. The Morgan fingerprint density at radius 3 is 2.53 bits per heavy atom. The molecule has 1 saturated carbocycles. The first-order valence-corrected chi connectivity index (χ1v) is 5.91. The lowest BCUT2D eigenvalue weighted by Crippen LogP contribution is -2.36. The molecule has 1 aliphatic rings. The van der Waals surface area contributed by atoms with E-state index in [2.05, 4.69) is 11.4 Å². The predicted octanol–water partition coefficient (Wildman–Crippen LogP) is 2.38. The molecule has 0 aromatic carbocycles. The number of amides is 1. The van der Waals surface area contributed by atoms with E-state index in [1.54, 1.807) is 0 Å². The molecule has 1 N–H and O–H groups in total. The summed E-state index contributed by atoms with van der Waals surface area (Å²) in [6, 6.07) is 2.06. The van der Waals surface area contributed by atoms with Crippen LogP contribution in [0.2, 0.25) is 0 Å². The Hall–Kier alpha value is -1.04. The number of carbonyl (C=O) groups is 1. The Morgan fingerprint density at radius 2 is 2.00 bits per heavy atom. The van der Waals surface area contributed by atoms with Crippen LogP contribution in [0.1, 0.15) is 51.9 Å². The molecule has 0 heterocycles. The lowest BCUT2D eigenvalue weighted by molar-refractivity contribution is -0.125. The van der Waals surface area contributed by atoms with Crippen LogP contribution in [0.4, 0.5) is 0 Å². The first kappa shape index (κ1) is 12.0. The molecule has 0 saturated heterocycles. The number of rotatable bonds is 3. The molecule has 0 spiro atoms. The van der Waals surface area contributed by atoms with Gasteiger partial charge in [-0.3, -0.25) is 4.79 Å². The van der Waals surface area contributed by atoms with Gasteiger partial charge in [-0.05, 0) is 19.8 Å². The molecular formula is C12H20N2O. The zero-order valence-electron chi connectivity index (χ0n) is 9.46. The molecule has 0 aliphatic heterocycles. The molecule has 84 valence electrons. The molecule has 0 radical (unpaired) electrons. The normalized spacial score (nSPS) is 20.0. The van der Waals surface area contributed by atoms with Gasteiger partial charge in [0.1, 0.15) is 0 Å². The third-order valence-corrected chi connectivity index (χ3v) is 3.01. The number of nitriles is 1. The van der Waals surface area contributed by atoms with Crippen LogP contribution in [0.15, 0.2) is 0 Å². The molecule has 1 rings (SSSR count). The van der Waals surface area contributed by atoms with Crippen molar-refractivity contribution >= 4 is 5.91 Å². The van der Waals surface area contributed by atoms with Crippen molar-refractivity contribution in [2.75, 3.05) is 0 Å². The molecule has 3 heteroatoms. The van der Waals surface area contributed by atoms with Gasteiger partial charge in [-0.25, -0.2) is 0 Å². The van der Waals surface area contributed by atoms with Crippen LogP contribution in [0.5, 0.6) is 0 Å². The van der Waals surface area contributed by atoms with E-state index in [0.29, 0.717) is 6.42 Å². The molecule has 0 aromatic rings. The SMILES string of the molecule is CC(CC#N)NC(=O)C1CCCCCC1. The van der Waals surface area contributed by atoms with Gasteiger partial charge in [-0.15, -0.1) is 0 Å². The highest BCUT2D eigenvalue weighted by molar-refractivity contribution is 5.78. The summed E-state index contributed by atoms with van der Waals surface area (Å²) in [4.78, 5) is 11.8. The van der Waals surface area contributed by atoms with Gasteiger partial charge >= 0.3 is 0 Å². The molecule has 1 atom stereocenters. The zero-order valence-corrected chi connectivity index (χ0v) is 9.46. The Labute approximate surface area is 91.9 Å². The minimum atomic E-state index is -0.00856. The highest BCUT2D eigenvalue weighted by Crippen LogP contribution is 2.22. The molecule has 3 nitrogen and oxygen atoms in total. The maximum Gasteiger partial charge on any atom is 0.223 e. The standard InChI is InChI=1S/C12H20N2O/c1-10(8-9-13)14-12(15)11-6-4-2-3-5-7-11/h10-11H,2-8H2,1H3,(H,14,15). The van der Waals surface area contributed by atoms with Gasteiger partial charge in [0, 0.05) is 12.0 Å². The fraction of sp³-hybridized carbons (Fsp3) is 0.833. The van der Waals surface area contributed by atoms with Crippen molar-refractivity contribution in [3.05, 3.63) is 0 Å². The number of hydrogen-bond donors (Lipinski definition) is 1. The average Bonchev–Trinajstić information content (AvgIpc) is 2.45. The monoisotopic (exact) mass is 208 g/mol. The van der Waals surface area contributed by atoms with E-state index in [1.807, 2.05) is 6.92 Å². The topological polar surface area (TPSA) is 52.9 Å². The fourth-order valence-corrected chi connectivity index (χ4v) is 2.09. The third-order valence-electron chi connectivity index (χ3n) is 3.01. The van der Waals surface area contributed by atoms with Crippen molar-refractivity contribution in [2.24, 2.45) is 5.92 Å². The van der Waals surface area contributed by atoms with Crippen molar-refractivity contribution in [3.63, 3.8) is 0 Å². The minimum absolute atomic E-state index is 0.00856. The summed E-state index contributed by atoms with van der Waals surface area (Å²) in [7, 11) is 0. The summed E-state index contributed by atoms with van der Waals surface area (Å²) in [5, 5.41) is 11.4. The third kappa shape index (κ3) is 4.33. The molecule has 0 bridgehead atoms. The maximum absolute atomic E-state index is 11.8. The molecular weight excluding hydrogens is 188 g/mol. The van der Waals surface area contributed by atoms with Crippen molar-refractivity contribution in [1.82, 2.24) is 5.32 Å². The molecule has 1 unspecified atom stereocenters. The summed E-state index contributed by atoms with van der Waals surface area (Å²) in [5.41, 5.74) is 0. The van der Waals surface area contributed by atoms with Gasteiger partial charge in [0.05, 0.1) is 12.5 Å². The molecule has 1 amide bonds. The molecule has 1 fully saturated rings. The Balaban J connectivity index is 2.34. The van der Waals surface area contributed by atoms with Crippen LogP contribution in [-0.2, 0) is 4.79 Å². The first-order valence-electron chi connectivity index (χ1n) is 5.91. The van der Waals surface area contributed by atoms with E-state index in [-0.39, 0.29) is 17.9 Å². The minimum Gasteiger partial charge on any atom is -0.352 e. The zero-order chi connectivity index (χ0) is 11.1. The van der Waals surface area contributed by atoms with Crippen LogP contribution in [0, 0.1) is 17.2 Å². The fourth-order valence-electron chi connectivity index (χ4n) is 2.09. The molecule has 15 heavy (non-hydrogen) atoms. The number of nitrogens with one attached hydrogen (secondary N) is 1. The number of carbonyl (C=O) groups excluding carboxylic acids is 1. The van der Waals surface area contributed by atoms with Gasteiger partial charge < -0.3 is 5.32 Å². The van der Waals surface area contributed by atoms with E-state index in [1.165, 1.54) is 25.7 Å². The lowest BCUT2D eigenvalue weighted by atomic mass is 9.99. The van der Waals surface area contributed by atoms with Crippen molar-refractivity contribution in [3.8, 4) is 6.07 Å². The smallest absolute Gasteiger partial charge is 0.223 e.